The molecule has 0 saturated heterocycles. The maximum absolute atomic E-state index is 12.2. The molecule has 0 aliphatic rings. The summed E-state index contributed by atoms with van der Waals surface area (Å²) >= 11 is 23.7. The van der Waals surface area contributed by atoms with E-state index in [1.165, 1.54) is 18.2 Å². The molecule has 0 saturated carbocycles. The van der Waals surface area contributed by atoms with Crippen LogP contribution in [-0.2, 0) is 16.4 Å². The Morgan fingerprint density at radius 2 is 1.50 bits per heavy atom. The van der Waals surface area contributed by atoms with E-state index in [2.05, 4.69) is 4.72 Å². The minimum Gasteiger partial charge on any atom is -0.211 e. The fourth-order valence-electron chi connectivity index (χ4n) is 1.81. The molecule has 1 N–H and O–H groups in total. The molecular formula is C14H11Cl4NO2S. The zero-order valence-corrected chi connectivity index (χ0v) is 15.0. The van der Waals surface area contributed by atoms with Crippen LogP contribution in [-0.4, -0.2) is 15.0 Å². The van der Waals surface area contributed by atoms with Crippen LogP contribution in [0.3, 0.4) is 0 Å². The van der Waals surface area contributed by atoms with E-state index < -0.39 is 10.0 Å². The molecule has 2 rings (SSSR count). The van der Waals surface area contributed by atoms with Gasteiger partial charge in [0.05, 0.1) is 14.9 Å². The Labute approximate surface area is 149 Å². The van der Waals surface area contributed by atoms with Gasteiger partial charge in [-0.3, -0.25) is 0 Å². The predicted molar refractivity (Wildman–Crippen MR) is 91.8 cm³/mol. The third-order valence-electron chi connectivity index (χ3n) is 2.93. The summed E-state index contributed by atoms with van der Waals surface area (Å²) in [6.45, 7) is 0.159. The lowest BCUT2D eigenvalue weighted by atomic mass is 10.1. The third-order valence-corrected chi connectivity index (χ3v) is 5.84. The van der Waals surface area contributed by atoms with E-state index in [4.69, 9.17) is 46.4 Å². The number of hydrogen-bond donors (Lipinski definition) is 1. The number of halogens is 4. The first-order valence-electron chi connectivity index (χ1n) is 6.19. The van der Waals surface area contributed by atoms with Crippen molar-refractivity contribution in [1.29, 1.82) is 0 Å². The molecule has 0 spiro atoms. The first kappa shape index (κ1) is 17.9. The Morgan fingerprint density at radius 3 is 2.09 bits per heavy atom. The predicted octanol–water partition coefficient (Wildman–Crippen LogP) is 4.82. The molecule has 0 atom stereocenters. The number of sulfonamides is 1. The molecule has 2 aromatic rings. The van der Waals surface area contributed by atoms with Gasteiger partial charge in [0.2, 0.25) is 10.0 Å². The second kappa shape index (κ2) is 7.39. The summed E-state index contributed by atoms with van der Waals surface area (Å²) in [4.78, 5) is 0.0483. The maximum Gasteiger partial charge on any atom is 0.240 e. The van der Waals surface area contributed by atoms with Crippen LogP contribution in [0.5, 0.6) is 0 Å². The lowest BCUT2D eigenvalue weighted by Gasteiger charge is -2.09. The van der Waals surface area contributed by atoms with Crippen molar-refractivity contribution in [2.45, 2.75) is 11.3 Å². The van der Waals surface area contributed by atoms with E-state index in [9.17, 15) is 8.42 Å². The highest BCUT2D eigenvalue weighted by Gasteiger charge is 2.15. The van der Waals surface area contributed by atoms with Gasteiger partial charge in [0.15, 0.2) is 0 Å². The largest absolute Gasteiger partial charge is 0.240 e. The molecule has 0 amide bonds. The molecule has 2 aromatic carbocycles. The first-order valence-corrected chi connectivity index (χ1v) is 9.18. The summed E-state index contributed by atoms with van der Waals surface area (Å²) in [6.07, 6.45) is 0.374. The van der Waals surface area contributed by atoms with Gasteiger partial charge >= 0.3 is 0 Å². The van der Waals surface area contributed by atoms with Gasteiger partial charge in [0.1, 0.15) is 0 Å². The van der Waals surface area contributed by atoms with Gasteiger partial charge in [-0.25, -0.2) is 13.1 Å². The summed E-state index contributed by atoms with van der Waals surface area (Å²) < 4.78 is 26.8. The van der Waals surface area contributed by atoms with Crippen LogP contribution in [0, 0.1) is 0 Å². The molecule has 118 valence electrons. The van der Waals surface area contributed by atoms with Crippen molar-refractivity contribution < 1.29 is 8.42 Å². The summed E-state index contributed by atoms with van der Waals surface area (Å²) in [5.41, 5.74) is 0.697. The van der Waals surface area contributed by atoms with E-state index in [0.717, 1.165) is 0 Å². The highest BCUT2D eigenvalue weighted by atomic mass is 35.5. The molecular weight excluding hydrogens is 388 g/mol. The Hall–Kier alpha value is -0.490. The standard InChI is InChI=1S/C14H11Cl4NO2S/c15-11-2-1-3-12(16)10(11)6-7-19-22(20,21)9-4-5-13(17)14(18)8-9/h1-5,8,19H,6-7H2. The summed E-state index contributed by atoms with van der Waals surface area (Å²) in [5.74, 6) is 0. The zero-order valence-electron chi connectivity index (χ0n) is 11.1. The first-order chi connectivity index (χ1) is 10.3. The molecule has 0 aromatic heterocycles. The van der Waals surface area contributed by atoms with E-state index >= 15 is 0 Å². The number of rotatable bonds is 5. The van der Waals surface area contributed by atoms with Crippen LogP contribution >= 0.6 is 46.4 Å². The Balaban J connectivity index is 2.08. The highest BCUT2D eigenvalue weighted by Crippen LogP contribution is 2.26. The van der Waals surface area contributed by atoms with Gasteiger partial charge < -0.3 is 0 Å². The van der Waals surface area contributed by atoms with E-state index in [0.29, 0.717) is 27.1 Å². The van der Waals surface area contributed by atoms with E-state index in [1.54, 1.807) is 18.2 Å². The average molecular weight is 399 g/mol. The zero-order chi connectivity index (χ0) is 16.3. The quantitative estimate of drug-likeness (QED) is 0.784. The second-order valence-corrected chi connectivity index (χ2v) is 7.82. The van der Waals surface area contributed by atoms with E-state index in [1.807, 2.05) is 0 Å². The Kier molecular flexibility index (Phi) is 6.00. The number of benzene rings is 2. The van der Waals surface area contributed by atoms with Crippen molar-refractivity contribution in [1.82, 2.24) is 4.72 Å². The van der Waals surface area contributed by atoms with Gasteiger partial charge in [-0.1, -0.05) is 52.5 Å². The fourth-order valence-corrected chi connectivity index (χ4v) is 3.82. The lowest BCUT2D eigenvalue weighted by Crippen LogP contribution is -2.26. The van der Waals surface area contributed by atoms with Crippen molar-refractivity contribution in [3.63, 3.8) is 0 Å². The van der Waals surface area contributed by atoms with E-state index in [-0.39, 0.29) is 16.5 Å². The molecule has 22 heavy (non-hydrogen) atoms. The van der Waals surface area contributed by atoms with Crippen LogP contribution in [0.2, 0.25) is 20.1 Å². The smallest absolute Gasteiger partial charge is 0.211 e. The number of nitrogens with one attached hydrogen (secondary N) is 1. The molecule has 0 aliphatic heterocycles. The van der Waals surface area contributed by atoms with Crippen LogP contribution in [0.25, 0.3) is 0 Å². The molecule has 0 unspecified atom stereocenters. The SMILES string of the molecule is O=S(=O)(NCCc1c(Cl)cccc1Cl)c1ccc(Cl)c(Cl)c1. The molecule has 0 radical (unpaired) electrons. The fraction of sp³-hybridized carbons (Fsp3) is 0.143. The van der Waals surface area contributed by atoms with Crippen LogP contribution in [0.15, 0.2) is 41.3 Å². The van der Waals surface area contributed by atoms with Gasteiger partial charge in [0, 0.05) is 16.6 Å². The van der Waals surface area contributed by atoms with Crippen LogP contribution in [0.1, 0.15) is 5.56 Å². The molecule has 0 heterocycles. The minimum atomic E-state index is -3.67. The lowest BCUT2D eigenvalue weighted by molar-refractivity contribution is 0.581. The Bertz CT molecular complexity index is 773. The minimum absolute atomic E-state index is 0.0483. The second-order valence-electron chi connectivity index (χ2n) is 4.42. The summed E-state index contributed by atoms with van der Waals surface area (Å²) in [5, 5.41) is 1.48. The molecule has 0 fully saturated rings. The molecule has 0 bridgehead atoms. The third kappa shape index (κ3) is 4.28. The normalized spacial score (nSPS) is 11.6. The van der Waals surface area contributed by atoms with Gasteiger partial charge in [-0.2, -0.15) is 0 Å². The van der Waals surface area contributed by atoms with Crippen LogP contribution in [0.4, 0.5) is 0 Å². The van der Waals surface area contributed by atoms with Crippen molar-refractivity contribution in [3.8, 4) is 0 Å². The average Bonchev–Trinajstić information content (AvgIpc) is 2.45. The highest BCUT2D eigenvalue weighted by molar-refractivity contribution is 7.89. The van der Waals surface area contributed by atoms with Crippen molar-refractivity contribution in [2.24, 2.45) is 0 Å². The van der Waals surface area contributed by atoms with Crippen LogP contribution < -0.4 is 4.72 Å². The van der Waals surface area contributed by atoms with Crippen molar-refractivity contribution >= 4 is 56.4 Å². The topological polar surface area (TPSA) is 46.2 Å². The molecule has 8 heteroatoms. The summed E-state index contributed by atoms with van der Waals surface area (Å²) in [6, 6.07) is 9.26. The summed E-state index contributed by atoms with van der Waals surface area (Å²) in [7, 11) is -3.67. The molecule has 3 nitrogen and oxygen atoms in total. The van der Waals surface area contributed by atoms with Gasteiger partial charge in [-0.05, 0) is 42.3 Å². The monoisotopic (exact) mass is 397 g/mol. The van der Waals surface area contributed by atoms with Gasteiger partial charge in [0.25, 0.3) is 0 Å². The van der Waals surface area contributed by atoms with Gasteiger partial charge in [-0.15, -0.1) is 0 Å². The van der Waals surface area contributed by atoms with Crippen molar-refractivity contribution in [3.05, 3.63) is 62.1 Å². The Morgan fingerprint density at radius 1 is 0.864 bits per heavy atom. The number of hydrogen-bond acceptors (Lipinski definition) is 2. The molecule has 0 aliphatic carbocycles. The van der Waals surface area contributed by atoms with Crippen molar-refractivity contribution in [2.75, 3.05) is 6.54 Å². The maximum atomic E-state index is 12.2.